The molecule has 0 radical (unpaired) electrons. The van der Waals surface area contributed by atoms with Crippen molar-refractivity contribution in [2.24, 2.45) is 0 Å². The molecule has 0 saturated heterocycles. The molecule has 1 aromatic heterocycles. The standard InChI is InChI=1S/C20H18ClN3O2/c1-26-18-9-5-2-6-14(18)12-22-19-11-10-15(13-23-19)24-20(25)16-7-3-4-8-17(16)21/h2-11,13H,12H2,1H3,(H,22,23)(H,24,25). The van der Waals surface area contributed by atoms with Gasteiger partial charge in [0.25, 0.3) is 5.91 Å². The smallest absolute Gasteiger partial charge is 0.257 e. The van der Waals surface area contributed by atoms with Gasteiger partial charge in [0, 0.05) is 12.1 Å². The lowest BCUT2D eigenvalue weighted by Crippen LogP contribution is -2.12. The van der Waals surface area contributed by atoms with E-state index in [9.17, 15) is 4.79 Å². The number of hydrogen-bond donors (Lipinski definition) is 2. The normalized spacial score (nSPS) is 10.2. The van der Waals surface area contributed by atoms with E-state index in [-0.39, 0.29) is 5.91 Å². The highest BCUT2D eigenvalue weighted by Crippen LogP contribution is 2.20. The van der Waals surface area contributed by atoms with Crippen molar-refractivity contribution in [1.29, 1.82) is 0 Å². The van der Waals surface area contributed by atoms with Gasteiger partial charge in [-0.1, -0.05) is 41.9 Å². The third-order valence-corrected chi connectivity index (χ3v) is 4.12. The second-order valence-corrected chi connectivity index (χ2v) is 5.94. The lowest BCUT2D eigenvalue weighted by atomic mass is 10.2. The maximum atomic E-state index is 12.2. The minimum Gasteiger partial charge on any atom is -0.496 e. The first-order chi connectivity index (χ1) is 12.7. The third kappa shape index (κ3) is 4.32. The van der Waals surface area contributed by atoms with Crippen LogP contribution in [0.2, 0.25) is 5.02 Å². The zero-order valence-electron chi connectivity index (χ0n) is 14.2. The Morgan fingerprint density at radius 2 is 1.85 bits per heavy atom. The van der Waals surface area contributed by atoms with Crippen LogP contribution in [0.1, 0.15) is 15.9 Å². The molecule has 0 aliphatic rings. The Morgan fingerprint density at radius 1 is 1.08 bits per heavy atom. The van der Waals surface area contributed by atoms with E-state index >= 15 is 0 Å². The molecular formula is C20H18ClN3O2. The minimum atomic E-state index is -0.271. The predicted octanol–water partition coefficient (Wildman–Crippen LogP) is 4.61. The Morgan fingerprint density at radius 3 is 2.58 bits per heavy atom. The lowest BCUT2D eigenvalue weighted by Gasteiger charge is -2.11. The van der Waals surface area contributed by atoms with Gasteiger partial charge in [0.05, 0.1) is 29.6 Å². The van der Waals surface area contributed by atoms with Gasteiger partial charge in [0.1, 0.15) is 11.6 Å². The molecule has 6 heteroatoms. The van der Waals surface area contributed by atoms with Crippen LogP contribution in [0.5, 0.6) is 5.75 Å². The van der Waals surface area contributed by atoms with E-state index in [2.05, 4.69) is 15.6 Å². The molecule has 3 aromatic rings. The molecule has 26 heavy (non-hydrogen) atoms. The van der Waals surface area contributed by atoms with Crippen molar-refractivity contribution >= 4 is 29.0 Å². The van der Waals surface area contributed by atoms with E-state index < -0.39 is 0 Å². The van der Waals surface area contributed by atoms with Crippen LogP contribution in [-0.2, 0) is 6.54 Å². The fraction of sp³-hybridized carbons (Fsp3) is 0.100. The molecule has 0 aliphatic heterocycles. The summed E-state index contributed by atoms with van der Waals surface area (Å²) < 4.78 is 5.33. The molecule has 0 saturated carbocycles. The molecule has 5 nitrogen and oxygen atoms in total. The zero-order valence-corrected chi connectivity index (χ0v) is 15.0. The summed E-state index contributed by atoms with van der Waals surface area (Å²) >= 11 is 6.04. The molecule has 2 N–H and O–H groups in total. The molecule has 0 atom stereocenters. The number of methoxy groups -OCH3 is 1. The van der Waals surface area contributed by atoms with Crippen LogP contribution in [0.4, 0.5) is 11.5 Å². The van der Waals surface area contributed by atoms with Gasteiger partial charge < -0.3 is 15.4 Å². The fourth-order valence-electron chi connectivity index (χ4n) is 2.45. The van der Waals surface area contributed by atoms with Crippen molar-refractivity contribution in [3.63, 3.8) is 0 Å². The van der Waals surface area contributed by atoms with Crippen molar-refractivity contribution in [2.75, 3.05) is 17.7 Å². The first-order valence-electron chi connectivity index (χ1n) is 8.05. The van der Waals surface area contributed by atoms with Gasteiger partial charge in [-0.15, -0.1) is 0 Å². The first kappa shape index (κ1) is 17.8. The summed E-state index contributed by atoms with van der Waals surface area (Å²) in [6, 6.07) is 18.3. The molecule has 3 rings (SSSR count). The highest BCUT2D eigenvalue weighted by molar-refractivity contribution is 6.34. The van der Waals surface area contributed by atoms with Crippen LogP contribution in [0.25, 0.3) is 0 Å². The number of rotatable bonds is 6. The Balaban J connectivity index is 1.62. The van der Waals surface area contributed by atoms with Crippen molar-refractivity contribution in [1.82, 2.24) is 4.98 Å². The fourth-order valence-corrected chi connectivity index (χ4v) is 2.67. The average molecular weight is 368 g/mol. The highest BCUT2D eigenvalue weighted by atomic mass is 35.5. The molecule has 2 aromatic carbocycles. The third-order valence-electron chi connectivity index (χ3n) is 3.79. The predicted molar refractivity (Wildman–Crippen MR) is 104 cm³/mol. The van der Waals surface area contributed by atoms with E-state index in [0.717, 1.165) is 11.3 Å². The van der Waals surface area contributed by atoms with Crippen molar-refractivity contribution in [3.8, 4) is 5.75 Å². The Kier molecular flexibility index (Phi) is 5.71. The van der Waals surface area contributed by atoms with Crippen LogP contribution in [0.15, 0.2) is 66.9 Å². The highest BCUT2D eigenvalue weighted by Gasteiger charge is 2.10. The number of para-hydroxylation sites is 1. The maximum absolute atomic E-state index is 12.2. The van der Waals surface area contributed by atoms with Gasteiger partial charge >= 0.3 is 0 Å². The van der Waals surface area contributed by atoms with Crippen molar-refractivity contribution < 1.29 is 9.53 Å². The number of nitrogens with one attached hydrogen (secondary N) is 2. The number of halogens is 1. The van der Waals surface area contributed by atoms with Gasteiger partial charge in [-0.2, -0.15) is 0 Å². The average Bonchev–Trinajstić information content (AvgIpc) is 2.68. The number of ether oxygens (including phenoxy) is 1. The molecule has 0 spiro atoms. The molecule has 0 unspecified atom stereocenters. The molecule has 132 valence electrons. The van der Waals surface area contributed by atoms with Gasteiger partial charge in [0.15, 0.2) is 0 Å². The van der Waals surface area contributed by atoms with Gasteiger partial charge in [-0.05, 0) is 30.3 Å². The number of carbonyl (C=O) groups excluding carboxylic acids is 1. The van der Waals surface area contributed by atoms with Gasteiger partial charge in [-0.25, -0.2) is 4.98 Å². The van der Waals surface area contributed by atoms with Gasteiger partial charge in [-0.3, -0.25) is 4.79 Å². The minimum absolute atomic E-state index is 0.271. The number of nitrogens with zero attached hydrogens (tertiary/aromatic N) is 1. The van der Waals surface area contributed by atoms with E-state index in [1.807, 2.05) is 24.3 Å². The van der Waals surface area contributed by atoms with Crippen molar-refractivity contribution in [3.05, 3.63) is 83.0 Å². The van der Waals surface area contributed by atoms with E-state index in [1.54, 1.807) is 49.7 Å². The summed E-state index contributed by atoms with van der Waals surface area (Å²) in [6.45, 7) is 0.586. The second kappa shape index (κ2) is 8.36. The number of aromatic nitrogens is 1. The summed E-state index contributed by atoms with van der Waals surface area (Å²) in [5.41, 5.74) is 2.05. The Hall–Kier alpha value is -3.05. The maximum Gasteiger partial charge on any atom is 0.257 e. The van der Waals surface area contributed by atoms with Crippen LogP contribution < -0.4 is 15.4 Å². The molecule has 0 aliphatic carbocycles. The summed E-state index contributed by atoms with van der Waals surface area (Å²) in [7, 11) is 1.65. The lowest BCUT2D eigenvalue weighted by molar-refractivity contribution is 0.102. The molecule has 1 heterocycles. The quantitative estimate of drug-likeness (QED) is 0.668. The van der Waals surface area contributed by atoms with Crippen LogP contribution in [0, 0.1) is 0 Å². The van der Waals surface area contributed by atoms with Crippen molar-refractivity contribution in [2.45, 2.75) is 6.54 Å². The zero-order chi connectivity index (χ0) is 18.4. The van der Waals surface area contributed by atoms with E-state index in [1.165, 1.54) is 0 Å². The first-order valence-corrected chi connectivity index (χ1v) is 8.43. The van der Waals surface area contributed by atoms with E-state index in [4.69, 9.17) is 16.3 Å². The number of anilines is 2. The summed E-state index contributed by atoms with van der Waals surface area (Å²) in [5, 5.41) is 6.43. The largest absolute Gasteiger partial charge is 0.496 e. The summed E-state index contributed by atoms with van der Waals surface area (Å²) in [4.78, 5) is 16.6. The number of pyridine rings is 1. The number of amides is 1. The monoisotopic (exact) mass is 367 g/mol. The SMILES string of the molecule is COc1ccccc1CNc1ccc(NC(=O)c2ccccc2Cl)cn1. The summed E-state index contributed by atoms with van der Waals surface area (Å²) in [5.74, 6) is 1.25. The molecule has 0 bridgehead atoms. The molecular weight excluding hydrogens is 350 g/mol. The van der Waals surface area contributed by atoms with Gasteiger partial charge in [0.2, 0.25) is 0 Å². The number of benzene rings is 2. The Labute approximate surface area is 157 Å². The van der Waals surface area contributed by atoms with Crippen LogP contribution in [-0.4, -0.2) is 18.0 Å². The van der Waals surface area contributed by atoms with Crippen LogP contribution >= 0.6 is 11.6 Å². The molecule has 1 amide bonds. The number of carbonyl (C=O) groups is 1. The topological polar surface area (TPSA) is 63.2 Å². The molecule has 0 fully saturated rings. The second-order valence-electron chi connectivity index (χ2n) is 5.53. The summed E-state index contributed by atoms with van der Waals surface area (Å²) in [6.07, 6.45) is 1.60. The number of hydrogen-bond acceptors (Lipinski definition) is 4. The van der Waals surface area contributed by atoms with E-state index in [0.29, 0.717) is 28.6 Å². The Bertz CT molecular complexity index is 898. The van der Waals surface area contributed by atoms with Crippen LogP contribution in [0.3, 0.4) is 0 Å².